The second-order valence-corrected chi connectivity index (χ2v) is 7.87. The van der Waals surface area contributed by atoms with Crippen molar-refractivity contribution in [1.82, 2.24) is 4.90 Å². The standard InChI is InChI=1S/C16H23NO5S/c1-4-22-10-13-9-12(5-6-15(13)21-3)16(18)17(2)14-7-8-23(19,20)11-14/h5-6,9,14H,4,7-8,10-11H2,1-3H3/t14-/m1/s1. The SMILES string of the molecule is CCOCc1cc(C(=O)N(C)[C@@H]2CCS(=O)(=O)C2)ccc1OC. The van der Waals surface area contributed by atoms with Gasteiger partial charge in [0, 0.05) is 30.8 Å². The van der Waals surface area contributed by atoms with Crippen LogP contribution in [0, 0.1) is 0 Å². The monoisotopic (exact) mass is 341 g/mol. The zero-order chi connectivity index (χ0) is 17.0. The van der Waals surface area contributed by atoms with E-state index in [0.717, 1.165) is 5.56 Å². The highest BCUT2D eigenvalue weighted by molar-refractivity contribution is 7.91. The van der Waals surface area contributed by atoms with E-state index in [9.17, 15) is 13.2 Å². The largest absolute Gasteiger partial charge is 0.496 e. The van der Waals surface area contributed by atoms with Gasteiger partial charge < -0.3 is 14.4 Å². The van der Waals surface area contributed by atoms with Gasteiger partial charge in [-0.05, 0) is 31.5 Å². The molecule has 6 nitrogen and oxygen atoms in total. The number of nitrogens with zero attached hydrogens (tertiary/aromatic N) is 1. The smallest absolute Gasteiger partial charge is 0.253 e. The van der Waals surface area contributed by atoms with Crippen molar-refractivity contribution in [2.24, 2.45) is 0 Å². The molecule has 1 aromatic carbocycles. The maximum Gasteiger partial charge on any atom is 0.253 e. The van der Waals surface area contributed by atoms with E-state index in [1.54, 1.807) is 32.4 Å². The van der Waals surface area contributed by atoms with Crippen molar-refractivity contribution < 1.29 is 22.7 Å². The summed E-state index contributed by atoms with van der Waals surface area (Å²) in [6, 6.07) is 4.92. The highest BCUT2D eigenvalue weighted by atomic mass is 32.2. The maximum absolute atomic E-state index is 12.6. The fourth-order valence-corrected chi connectivity index (χ4v) is 4.46. The van der Waals surface area contributed by atoms with Crippen LogP contribution in [0.3, 0.4) is 0 Å². The Balaban J connectivity index is 2.18. The predicted octanol–water partition coefficient (Wildman–Crippen LogP) is 1.49. The Hall–Kier alpha value is -1.60. The second kappa shape index (κ2) is 7.31. The summed E-state index contributed by atoms with van der Waals surface area (Å²) in [5.41, 5.74) is 1.31. The lowest BCUT2D eigenvalue weighted by Gasteiger charge is -2.24. The third-order valence-corrected chi connectivity index (χ3v) is 5.82. The average molecular weight is 341 g/mol. The molecule has 0 aromatic heterocycles. The van der Waals surface area contributed by atoms with E-state index < -0.39 is 9.84 Å². The summed E-state index contributed by atoms with van der Waals surface area (Å²) in [6.07, 6.45) is 0.493. The molecule has 0 bridgehead atoms. The minimum atomic E-state index is -3.02. The van der Waals surface area contributed by atoms with E-state index >= 15 is 0 Å². The Kier molecular flexibility index (Phi) is 5.64. The fraction of sp³-hybridized carbons (Fsp3) is 0.562. The lowest BCUT2D eigenvalue weighted by molar-refractivity contribution is 0.0747. The Labute approximate surface area is 137 Å². The van der Waals surface area contributed by atoms with E-state index in [4.69, 9.17) is 9.47 Å². The van der Waals surface area contributed by atoms with Gasteiger partial charge in [-0.3, -0.25) is 4.79 Å². The number of rotatable bonds is 6. The molecule has 1 saturated heterocycles. The van der Waals surface area contributed by atoms with Gasteiger partial charge in [0.25, 0.3) is 5.91 Å². The van der Waals surface area contributed by atoms with Crippen LogP contribution in [0.4, 0.5) is 0 Å². The molecule has 0 radical (unpaired) electrons. The van der Waals surface area contributed by atoms with Crippen molar-refractivity contribution in [1.29, 1.82) is 0 Å². The highest BCUT2D eigenvalue weighted by Crippen LogP contribution is 2.23. The predicted molar refractivity (Wildman–Crippen MR) is 87.5 cm³/mol. The Bertz CT molecular complexity index is 671. The molecule has 1 fully saturated rings. The van der Waals surface area contributed by atoms with Crippen molar-refractivity contribution in [2.75, 3.05) is 32.3 Å². The van der Waals surface area contributed by atoms with Crippen molar-refractivity contribution in [3.8, 4) is 5.75 Å². The molecule has 0 saturated carbocycles. The summed E-state index contributed by atoms with van der Waals surface area (Å²) in [6.45, 7) is 2.83. The average Bonchev–Trinajstić information content (AvgIpc) is 2.91. The summed E-state index contributed by atoms with van der Waals surface area (Å²) in [4.78, 5) is 14.1. The highest BCUT2D eigenvalue weighted by Gasteiger charge is 2.33. The van der Waals surface area contributed by atoms with Gasteiger partial charge in [0.05, 0.1) is 25.2 Å². The Morgan fingerprint density at radius 1 is 1.39 bits per heavy atom. The minimum absolute atomic E-state index is 0.0389. The second-order valence-electron chi connectivity index (χ2n) is 5.64. The molecule has 0 aliphatic carbocycles. The lowest BCUT2D eigenvalue weighted by atomic mass is 10.1. The van der Waals surface area contributed by atoms with Crippen LogP contribution < -0.4 is 4.74 Å². The van der Waals surface area contributed by atoms with Gasteiger partial charge in [-0.2, -0.15) is 0 Å². The van der Waals surface area contributed by atoms with Crippen LogP contribution >= 0.6 is 0 Å². The number of methoxy groups -OCH3 is 1. The van der Waals surface area contributed by atoms with E-state index in [1.165, 1.54) is 4.90 Å². The molecule has 1 aliphatic rings. The summed E-state index contributed by atoms with van der Waals surface area (Å²) in [7, 11) is 0.203. The molecule has 128 valence electrons. The maximum atomic E-state index is 12.6. The summed E-state index contributed by atoms with van der Waals surface area (Å²) in [5.74, 6) is 0.665. The lowest BCUT2D eigenvalue weighted by Crippen LogP contribution is -2.37. The van der Waals surface area contributed by atoms with Gasteiger partial charge in [0.1, 0.15) is 5.75 Å². The number of ether oxygens (including phenoxy) is 2. The number of carbonyl (C=O) groups excluding carboxylic acids is 1. The molecule has 1 aromatic rings. The number of sulfone groups is 1. The van der Waals surface area contributed by atoms with E-state index in [-0.39, 0.29) is 23.5 Å². The first-order valence-corrected chi connectivity index (χ1v) is 9.42. The molecule has 0 N–H and O–H groups in total. The zero-order valence-corrected chi connectivity index (χ0v) is 14.6. The van der Waals surface area contributed by atoms with Crippen LogP contribution in [0.2, 0.25) is 0 Å². The van der Waals surface area contributed by atoms with Gasteiger partial charge in [-0.25, -0.2) is 8.42 Å². The van der Waals surface area contributed by atoms with Crippen molar-refractivity contribution in [2.45, 2.75) is 26.0 Å². The summed E-state index contributed by atoms with van der Waals surface area (Å²) in [5, 5.41) is 0. The zero-order valence-electron chi connectivity index (χ0n) is 13.7. The van der Waals surface area contributed by atoms with E-state index in [1.807, 2.05) is 6.92 Å². The van der Waals surface area contributed by atoms with Crippen LogP contribution in [0.1, 0.15) is 29.3 Å². The fourth-order valence-electron chi connectivity index (χ4n) is 2.69. The molecule has 1 heterocycles. The van der Waals surface area contributed by atoms with Crippen LogP contribution in [0.15, 0.2) is 18.2 Å². The first kappa shape index (κ1) is 17.7. The van der Waals surface area contributed by atoms with Crippen molar-refractivity contribution in [3.63, 3.8) is 0 Å². The molecule has 1 amide bonds. The number of hydrogen-bond acceptors (Lipinski definition) is 5. The first-order chi connectivity index (χ1) is 10.9. The number of carbonyl (C=O) groups is 1. The van der Waals surface area contributed by atoms with Gasteiger partial charge in [0.2, 0.25) is 0 Å². The Morgan fingerprint density at radius 2 is 2.13 bits per heavy atom. The normalized spacial score (nSPS) is 19.5. The molecule has 1 atom stereocenters. The van der Waals surface area contributed by atoms with Crippen LogP contribution in [-0.4, -0.2) is 57.5 Å². The van der Waals surface area contributed by atoms with Crippen molar-refractivity contribution >= 4 is 15.7 Å². The first-order valence-electron chi connectivity index (χ1n) is 7.60. The number of amides is 1. The van der Waals surface area contributed by atoms with Crippen LogP contribution in [0.25, 0.3) is 0 Å². The van der Waals surface area contributed by atoms with E-state index in [0.29, 0.717) is 30.9 Å². The molecule has 0 spiro atoms. The summed E-state index contributed by atoms with van der Waals surface area (Å²) >= 11 is 0. The molecule has 7 heteroatoms. The van der Waals surface area contributed by atoms with Gasteiger partial charge >= 0.3 is 0 Å². The van der Waals surface area contributed by atoms with Crippen molar-refractivity contribution in [3.05, 3.63) is 29.3 Å². The molecule has 23 heavy (non-hydrogen) atoms. The van der Waals surface area contributed by atoms with Gasteiger partial charge in [0.15, 0.2) is 9.84 Å². The third-order valence-electron chi connectivity index (χ3n) is 4.07. The Morgan fingerprint density at radius 3 is 2.70 bits per heavy atom. The van der Waals surface area contributed by atoms with Gasteiger partial charge in [-0.1, -0.05) is 0 Å². The molecular weight excluding hydrogens is 318 g/mol. The molecule has 0 unspecified atom stereocenters. The summed E-state index contributed by atoms with van der Waals surface area (Å²) < 4.78 is 33.9. The minimum Gasteiger partial charge on any atom is -0.496 e. The van der Waals surface area contributed by atoms with Crippen LogP contribution in [-0.2, 0) is 21.2 Å². The molecule has 1 aliphatic heterocycles. The van der Waals surface area contributed by atoms with E-state index in [2.05, 4.69) is 0 Å². The topological polar surface area (TPSA) is 72.9 Å². The van der Waals surface area contributed by atoms with Gasteiger partial charge in [-0.15, -0.1) is 0 Å². The number of benzene rings is 1. The third kappa shape index (κ3) is 4.23. The van der Waals surface area contributed by atoms with Crippen LogP contribution in [0.5, 0.6) is 5.75 Å². The molecular formula is C16H23NO5S. The molecule has 2 rings (SSSR count). The number of hydrogen-bond donors (Lipinski definition) is 0. The quantitative estimate of drug-likeness (QED) is 0.784.